The maximum absolute atomic E-state index is 6.38. The molecule has 192 valence electrons. The molecule has 1 nitrogen and oxygen atoms in total. The molecule has 0 aromatic carbocycles. The van der Waals surface area contributed by atoms with E-state index in [0.717, 1.165) is 29.4 Å². The fraction of sp³-hybridized carbons (Fsp3) is 0.818. The summed E-state index contributed by atoms with van der Waals surface area (Å²) in [6, 6.07) is 0. The molecule has 3 saturated carbocycles. The van der Waals surface area contributed by atoms with E-state index in [9.17, 15) is 0 Å². The fourth-order valence-electron chi connectivity index (χ4n) is 9.02. The van der Waals surface area contributed by atoms with Gasteiger partial charge in [0.1, 0.15) is 6.10 Å². The first kappa shape index (κ1) is 26.1. The lowest BCUT2D eigenvalue weighted by molar-refractivity contribution is -0.101. The van der Waals surface area contributed by atoms with Crippen LogP contribution in [-0.4, -0.2) is 6.10 Å². The minimum atomic E-state index is 0.341. The third-order valence-corrected chi connectivity index (χ3v) is 10.9. The molecular formula is C33H54O. The zero-order valence-electron chi connectivity index (χ0n) is 23.1. The van der Waals surface area contributed by atoms with Crippen LogP contribution in [0.3, 0.4) is 0 Å². The quantitative estimate of drug-likeness (QED) is 0.217. The highest BCUT2D eigenvalue weighted by Gasteiger charge is 2.61. The second-order valence-corrected chi connectivity index (χ2v) is 13.2. The summed E-state index contributed by atoms with van der Waals surface area (Å²) < 4.78 is 6.38. The van der Waals surface area contributed by atoms with Crippen LogP contribution < -0.4 is 0 Å². The van der Waals surface area contributed by atoms with E-state index in [-0.39, 0.29) is 0 Å². The molecule has 0 radical (unpaired) electrons. The lowest BCUT2D eigenvalue weighted by Gasteiger charge is -2.60. The van der Waals surface area contributed by atoms with Crippen molar-refractivity contribution >= 4 is 0 Å². The summed E-state index contributed by atoms with van der Waals surface area (Å²) in [5.74, 6) is 4.36. The number of hydrogen-bond donors (Lipinski definition) is 0. The molecule has 0 saturated heterocycles. The van der Waals surface area contributed by atoms with Crippen LogP contribution in [0, 0.1) is 34.5 Å². The molecule has 0 spiro atoms. The van der Waals surface area contributed by atoms with Crippen molar-refractivity contribution in [1.82, 2.24) is 0 Å². The number of rotatable bonds is 11. The van der Waals surface area contributed by atoms with E-state index in [1.54, 1.807) is 5.57 Å². The Hall–Kier alpha value is -0.980. The van der Waals surface area contributed by atoms with E-state index in [1.807, 2.05) is 6.92 Å². The predicted octanol–water partition coefficient (Wildman–Crippen LogP) is 10.2. The predicted molar refractivity (Wildman–Crippen MR) is 147 cm³/mol. The molecule has 0 bridgehead atoms. The molecule has 0 heterocycles. The van der Waals surface area contributed by atoms with E-state index in [4.69, 9.17) is 4.74 Å². The van der Waals surface area contributed by atoms with Crippen molar-refractivity contribution in [2.24, 2.45) is 34.5 Å². The van der Waals surface area contributed by atoms with Gasteiger partial charge in [-0.2, -0.15) is 0 Å². The Labute approximate surface area is 211 Å². The van der Waals surface area contributed by atoms with E-state index in [1.165, 1.54) is 108 Å². The highest BCUT2D eigenvalue weighted by molar-refractivity contribution is 5.34. The van der Waals surface area contributed by atoms with Gasteiger partial charge in [-0.1, -0.05) is 103 Å². The Balaban J connectivity index is 1.48. The van der Waals surface area contributed by atoms with Crippen LogP contribution in [0.1, 0.15) is 130 Å². The van der Waals surface area contributed by atoms with Gasteiger partial charge in [0.15, 0.2) is 0 Å². The maximum atomic E-state index is 6.38. The molecule has 7 atom stereocenters. The van der Waals surface area contributed by atoms with Gasteiger partial charge in [-0.25, -0.2) is 0 Å². The van der Waals surface area contributed by atoms with Crippen molar-refractivity contribution in [1.29, 1.82) is 0 Å². The molecule has 0 amide bonds. The summed E-state index contributed by atoms with van der Waals surface area (Å²) in [7, 11) is 0. The Bertz CT molecular complexity index is 761. The first-order chi connectivity index (χ1) is 16.3. The number of allylic oxidation sites excluding steroid dienone is 4. The summed E-state index contributed by atoms with van der Waals surface area (Å²) in [4.78, 5) is 0. The largest absolute Gasteiger partial charge is 0.495 e. The van der Waals surface area contributed by atoms with Crippen LogP contribution in [-0.2, 0) is 4.74 Å². The minimum absolute atomic E-state index is 0.341. The Morgan fingerprint density at radius 1 is 0.971 bits per heavy atom. The standard InChI is InChI=1S/C33H54O/c1-7-8-9-10-11-12-13-14-15-26-23-27-22-25(4)18-20-32(27,5)29-19-21-33(6)28(31(26)29)16-17-30(33)34-24(2)3/h22,26,28-31H,2,4,7-21,23H2,1,3,5-6H3/t26-,28?,29?,30?,31?,32?,33?/m1/s1. The zero-order valence-corrected chi connectivity index (χ0v) is 23.1. The summed E-state index contributed by atoms with van der Waals surface area (Å²) in [5.41, 5.74) is 3.91. The maximum Gasteiger partial charge on any atom is 0.104 e. The van der Waals surface area contributed by atoms with Gasteiger partial charge in [-0.15, -0.1) is 0 Å². The summed E-state index contributed by atoms with van der Waals surface area (Å²) in [5, 5.41) is 0. The zero-order chi connectivity index (χ0) is 24.3. The van der Waals surface area contributed by atoms with Crippen molar-refractivity contribution in [3.05, 3.63) is 36.1 Å². The van der Waals surface area contributed by atoms with Crippen LogP contribution >= 0.6 is 0 Å². The number of ether oxygens (including phenoxy) is 1. The van der Waals surface area contributed by atoms with Crippen LogP contribution in [0.25, 0.3) is 0 Å². The van der Waals surface area contributed by atoms with Gasteiger partial charge >= 0.3 is 0 Å². The fourth-order valence-corrected chi connectivity index (χ4v) is 9.02. The van der Waals surface area contributed by atoms with Crippen LogP contribution in [0.4, 0.5) is 0 Å². The summed E-state index contributed by atoms with van der Waals surface area (Å²) in [6.07, 6.45) is 25.0. The number of hydrogen-bond acceptors (Lipinski definition) is 1. The third-order valence-electron chi connectivity index (χ3n) is 10.9. The van der Waals surface area contributed by atoms with Crippen LogP contribution in [0.2, 0.25) is 0 Å². The smallest absolute Gasteiger partial charge is 0.104 e. The van der Waals surface area contributed by atoms with Gasteiger partial charge in [0.2, 0.25) is 0 Å². The number of fused-ring (bicyclic) bond motifs is 5. The van der Waals surface area contributed by atoms with Crippen LogP contribution in [0.5, 0.6) is 0 Å². The van der Waals surface area contributed by atoms with E-state index in [2.05, 4.69) is 40.0 Å². The molecule has 4 rings (SSSR count). The average molecular weight is 467 g/mol. The normalized spacial score (nSPS) is 39.1. The highest BCUT2D eigenvalue weighted by Crippen LogP contribution is 2.67. The van der Waals surface area contributed by atoms with Crippen molar-refractivity contribution in [3.63, 3.8) is 0 Å². The molecule has 0 N–H and O–H groups in total. The molecule has 0 aromatic rings. The first-order valence-corrected chi connectivity index (χ1v) is 15.0. The Kier molecular flexibility index (Phi) is 8.41. The lowest BCUT2D eigenvalue weighted by atomic mass is 9.44. The monoisotopic (exact) mass is 466 g/mol. The molecule has 4 aliphatic carbocycles. The molecule has 0 aromatic heterocycles. The molecule has 0 aliphatic heterocycles. The van der Waals surface area contributed by atoms with E-state index >= 15 is 0 Å². The first-order valence-electron chi connectivity index (χ1n) is 15.0. The van der Waals surface area contributed by atoms with Crippen molar-refractivity contribution in [2.45, 2.75) is 137 Å². The molecule has 34 heavy (non-hydrogen) atoms. The highest BCUT2D eigenvalue weighted by atomic mass is 16.5. The SMILES string of the molecule is C=C1C=C2C[C@@H](CCCCCCCCCC)C3C(CCC4(C)C(OC(=C)C)CCC34)C2(C)CC1. The third kappa shape index (κ3) is 5.10. The van der Waals surface area contributed by atoms with Gasteiger partial charge in [-0.05, 0) is 87.4 Å². The topological polar surface area (TPSA) is 9.23 Å². The second kappa shape index (κ2) is 11.0. The van der Waals surface area contributed by atoms with Crippen LogP contribution in [0.15, 0.2) is 36.1 Å². The molecular weight excluding hydrogens is 412 g/mol. The number of unbranched alkanes of at least 4 members (excludes halogenated alkanes) is 7. The van der Waals surface area contributed by atoms with E-state index < -0.39 is 0 Å². The van der Waals surface area contributed by atoms with Gasteiger partial charge < -0.3 is 4.74 Å². The van der Waals surface area contributed by atoms with Crippen molar-refractivity contribution in [3.8, 4) is 0 Å². The Morgan fingerprint density at radius 2 is 1.68 bits per heavy atom. The Morgan fingerprint density at radius 3 is 2.38 bits per heavy atom. The van der Waals surface area contributed by atoms with E-state index in [0.29, 0.717) is 16.9 Å². The molecule has 4 aliphatic rings. The second-order valence-electron chi connectivity index (χ2n) is 13.2. The lowest BCUT2D eigenvalue weighted by Crippen LogP contribution is -2.54. The summed E-state index contributed by atoms with van der Waals surface area (Å²) >= 11 is 0. The molecule has 6 unspecified atom stereocenters. The average Bonchev–Trinajstić information content (AvgIpc) is 3.12. The summed E-state index contributed by atoms with van der Waals surface area (Å²) in [6.45, 7) is 18.1. The molecule has 1 heteroatoms. The van der Waals surface area contributed by atoms with Crippen molar-refractivity contribution < 1.29 is 4.74 Å². The minimum Gasteiger partial charge on any atom is -0.495 e. The van der Waals surface area contributed by atoms with Crippen molar-refractivity contribution in [2.75, 3.05) is 0 Å². The van der Waals surface area contributed by atoms with Gasteiger partial charge in [0.25, 0.3) is 0 Å². The van der Waals surface area contributed by atoms with Gasteiger partial charge in [0.05, 0.1) is 5.76 Å². The van der Waals surface area contributed by atoms with Gasteiger partial charge in [0, 0.05) is 5.41 Å². The van der Waals surface area contributed by atoms with Gasteiger partial charge in [-0.3, -0.25) is 0 Å². The molecule has 3 fully saturated rings.